The number of ketones is 1. The molecule has 0 aromatic carbocycles. The second-order valence-corrected chi connectivity index (χ2v) is 5.44. The van der Waals surface area contributed by atoms with Crippen LogP contribution in [0.15, 0.2) is 23.3 Å². The summed E-state index contributed by atoms with van der Waals surface area (Å²) >= 11 is 0. The van der Waals surface area contributed by atoms with Crippen molar-refractivity contribution in [3.8, 4) is 12.3 Å². The fourth-order valence-electron chi connectivity index (χ4n) is 2.47. The third-order valence-corrected chi connectivity index (χ3v) is 3.49. The van der Waals surface area contributed by atoms with E-state index in [-0.39, 0.29) is 11.2 Å². The van der Waals surface area contributed by atoms with Crippen LogP contribution in [0.1, 0.15) is 52.9 Å². The lowest BCUT2D eigenvalue weighted by Crippen LogP contribution is -2.19. The van der Waals surface area contributed by atoms with Gasteiger partial charge in [0.15, 0.2) is 5.78 Å². The van der Waals surface area contributed by atoms with Crippen molar-refractivity contribution in [1.29, 1.82) is 0 Å². The van der Waals surface area contributed by atoms with Crippen LogP contribution < -0.4 is 0 Å². The molecule has 17 heavy (non-hydrogen) atoms. The van der Waals surface area contributed by atoms with Gasteiger partial charge in [0.1, 0.15) is 0 Å². The average molecular weight is 230 g/mol. The van der Waals surface area contributed by atoms with Crippen LogP contribution in [0.5, 0.6) is 0 Å². The molecule has 0 N–H and O–H groups in total. The molecule has 0 aromatic heterocycles. The van der Waals surface area contributed by atoms with Crippen LogP contribution in [-0.2, 0) is 4.79 Å². The molecule has 1 rings (SSSR count). The lowest BCUT2D eigenvalue weighted by atomic mass is 9.72. The predicted octanol–water partition coefficient (Wildman–Crippen LogP) is 4.05. The van der Waals surface area contributed by atoms with Crippen molar-refractivity contribution < 1.29 is 4.79 Å². The highest BCUT2D eigenvalue weighted by Gasteiger charge is 2.26. The number of carbonyl (C=O) groups is 1. The van der Waals surface area contributed by atoms with Crippen LogP contribution in [0.2, 0.25) is 0 Å². The molecule has 0 heterocycles. The van der Waals surface area contributed by atoms with Crippen molar-refractivity contribution >= 4 is 5.78 Å². The third kappa shape index (κ3) is 3.89. The van der Waals surface area contributed by atoms with Gasteiger partial charge in [-0.2, -0.15) is 0 Å². The van der Waals surface area contributed by atoms with Gasteiger partial charge in [-0.25, -0.2) is 0 Å². The molecule has 1 nitrogen and oxygen atoms in total. The van der Waals surface area contributed by atoms with Gasteiger partial charge in [-0.15, -0.1) is 12.3 Å². The Labute approximate surface area is 105 Å². The van der Waals surface area contributed by atoms with Gasteiger partial charge in [0.05, 0.1) is 0 Å². The summed E-state index contributed by atoms with van der Waals surface area (Å²) in [6.07, 6.45) is 13.4. The number of terminal acetylenes is 1. The van der Waals surface area contributed by atoms with E-state index in [9.17, 15) is 4.79 Å². The monoisotopic (exact) mass is 230 g/mol. The molecule has 0 aromatic rings. The van der Waals surface area contributed by atoms with Crippen molar-refractivity contribution in [2.24, 2.45) is 5.41 Å². The molecule has 0 saturated carbocycles. The molecular formula is C16H22O. The van der Waals surface area contributed by atoms with Crippen molar-refractivity contribution in [3.63, 3.8) is 0 Å². The van der Waals surface area contributed by atoms with Gasteiger partial charge in [0.2, 0.25) is 0 Å². The normalized spacial score (nSPS) is 19.4. The van der Waals surface area contributed by atoms with Crippen LogP contribution in [0, 0.1) is 17.8 Å². The number of allylic oxidation sites excluding steroid dienone is 4. The maximum atomic E-state index is 11.6. The van der Waals surface area contributed by atoms with Gasteiger partial charge in [0, 0.05) is 12.8 Å². The Morgan fingerprint density at radius 3 is 2.82 bits per heavy atom. The van der Waals surface area contributed by atoms with Crippen LogP contribution in [0.3, 0.4) is 0 Å². The summed E-state index contributed by atoms with van der Waals surface area (Å²) in [6, 6.07) is 0. The highest BCUT2D eigenvalue weighted by atomic mass is 16.1. The lowest BCUT2D eigenvalue weighted by molar-refractivity contribution is -0.114. The zero-order valence-corrected chi connectivity index (χ0v) is 11.2. The zero-order chi connectivity index (χ0) is 12.9. The van der Waals surface area contributed by atoms with Gasteiger partial charge in [-0.1, -0.05) is 25.5 Å². The average Bonchev–Trinajstić information content (AvgIpc) is 2.24. The third-order valence-electron chi connectivity index (χ3n) is 3.49. The summed E-state index contributed by atoms with van der Waals surface area (Å²) < 4.78 is 0. The number of hydrogen-bond acceptors (Lipinski definition) is 1. The minimum atomic E-state index is 0.129. The molecule has 1 aliphatic rings. The second kappa shape index (κ2) is 5.87. The SMILES string of the molecule is C#CCCC(=O)/C=C/C1=C(C)CCCC1(C)C. The Morgan fingerprint density at radius 2 is 2.24 bits per heavy atom. The summed E-state index contributed by atoms with van der Waals surface area (Å²) in [7, 11) is 0. The van der Waals surface area contributed by atoms with Crippen molar-refractivity contribution in [2.75, 3.05) is 0 Å². The first-order valence-electron chi connectivity index (χ1n) is 6.32. The highest BCUT2D eigenvalue weighted by Crippen LogP contribution is 2.40. The highest BCUT2D eigenvalue weighted by molar-refractivity contribution is 5.90. The minimum Gasteiger partial charge on any atom is -0.295 e. The molecule has 0 unspecified atom stereocenters. The standard InChI is InChI=1S/C16H22O/c1-5-6-9-14(17)10-11-15-13(2)8-7-12-16(15,3)4/h1,10-11H,6-9,12H2,2-4H3/b11-10+. The Kier molecular flexibility index (Phi) is 4.75. The Balaban J connectivity index is 2.75. The van der Waals surface area contributed by atoms with E-state index in [4.69, 9.17) is 6.42 Å². The molecule has 0 aliphatic heterocycles. The smallest absolute Gasteiger partial charge is 0.156 e. The maximum Gasteiger partial charge on any atom is 0.156 e. The van der Waals surface area contributed by atoms with Gasteiger partial charge < -0.3 is 0 Å². The molecule has 92 valence electrons. The molecular weight excluding hydrogens is 208 g/mol. The van der Waals surface area contributed by atoms with E-state index >= 15 is 0 Å². The first-order chi connectivity index (χ1) is 7.97. The van der Waals surface area contributed by atoms with Crippen LogP contribution in [0.25, 0.3) is 0 Å². The summed E-state index contributed by atoms with van der Waals surface area (Å²) in [5.74, 6) is 2.62. The zero-order valence-electron chi connectivity index (χ0n) is 11.2. The second-order valence-electron chi connectivity index (χ2n) is 5.44. The molecule has 0 amide bonds. The van der Waals surface area contributed by atoms with E-state index in [1.807, 2.05) is 6.08 Å². The van der Waals surface area contributed by atoms with E-state index in [0.29, 0.717) is 12.8 Å². The summed E-state index contributed by atoms with van der Waals surface area (Å²) in [4.78, 5) is 11.6. The quantitative estimate of drug-likeness (QED) is 0.526. The molecule has 0 atom stereocenters. The van der Waals surface area contributed by atoms with E-state index in [1.54, 1.807) is 6.08 Å². The number of carbonyl (C=O) groups excluding carboxylic acids is 1. The Hall–Kier alpha value is -1.29. The van der Waals surface area contributed by atoms with Crippen LogP contribution in [-0.4, -0.2) is 5.78 Å². The first kappa shape index (κ1) is 13.8. The number of hydrogen-bond donors (Lipinski definition) is 0. The van der Waals surface area contributed by atoms with Crippen LogP contribution in [0.4, 0.5) is 0 Å². The van der Waals surface area contributed by atoms with Gasteiger partial charge in [0.25, 0.3) is 0 Å². The minimum absolute atomic E-state index is 0.129. The fraction of sp³-hybridized carbons (Fsp3) is 0.562. The number of rotatable bonds is 4. The largest absolute Gasteiger partial charge is 0.295 e. The van der Waals surface area contributed by atoms with Gasteiger partial charge in [-0.05, 0) is 43.3 Å². The Morgan fingerprint density at radius 1 is 1.53 bits per heavy atom. The maximum absolute atomic E-state index is 11.6. The lowest BCUT2D eigenvalue weighted by Gasteiger charge is -2.32. The van der Waals surface area contributed by atoms with Crippen LogP contribution >= 0.6 is 0 Å². The summed E-state index contributed by atoms with van der Waals surface area (Å²) in [5.41, 5.74) is 2.95. The molecule has 0 radical (unpaired) electrons. The topological polar surface area (TPSA) is 17.1 Å². The van der Waals surface area contributed by atoms with Gasteiger partial charge in [-0.3, -0.25) is 4.79 Å². The van der Waals surface area contributed by atoms with Gasteiger partial charge >= 0.3 is 0 Å². The molecule has 0 bridgehead atoms. The van der Waals surface area contributed by atoms with E-state index in [0.717, 1.165) is 6.42 Å². The van der Waals surface area contributed by atoms with Crippen molar-refractivity contribution in [1.82, 2.24) is 0 Å². The van der Waals surface area contributed by atoms with E-state index in [1.165, 1.54) is 24.0 Å². The molecule has 0 spiro atoms. The summed E-state index contributed by atoms with van der Waals surface area (Å²) in [5, 5.41) is 0. The predicted molar refractivity (Wildman–Crippen MR) is 72.5 cm³/mol. The first-order valence-corrected chi connectivity index (χ1v) is 6.32. The molecule has 0 saturated heterocycles. The van der Waals surface area contributed by atoms with E-state index < -0.39 is 0 Å². The van der Waals surface area contributed by atoms with Crippen molar-refractivity contribution in [2.45, 2.75) is 52.9 Å². The molecule has 0 fully saturated rings. The van der Waals surface area contributed by atoms with E-state index in [2.05, 4.69) is 26.7 Å². The fourth-order valence-corrected chi connectivity index (χ4v) is 2.47. The Bertz CT molecular complexity index is 388. The van der Waals surface area contributed by atoms with Crippen molar-refractivity contribution in [3.05, 3.63) is 23.3 Å². The summed E-state index contributed by atoms with van der Waals surface area (Å²) in [6.45, 7) is 6.68. The molecule has 1 aliphatic carbocycles. The molecule has 1 heteroatoms.